The number of nitrogen functional groups attached to an aromatic ring is 1. The van der Waals surface area contributed by atoms with E-state index in [4.69, 9.17) is 17.2 Å². The first-order valence-electron chi connectivity index (χ1n) is 5.20. The lowest BCUT2D eigenvalue weighted by Gasteiger charge is -2.19. The predicted molar refractivity (Wildman–Crippen MR) is 72.2 cm³/mol. The van der Waals surface area contributed by atoms with E-state index in [9.17, 15) is 9.59 Å². The van der Waals surface area contributed by atoms with Crippen LogP contribution in [0.1, 0.15) is 5.56 Å². The average Bonchev–Trinajstić information content (AvgIpc) is 2.12. The Morgan fingerprint density at radius 3 is 2.11 bits per heavy atom. The number of primary amides is 2. The van der Waals surface area contributed by atoms with Gasteiger partial charge < -0.3 is 17.2 Å². The Hall–Kier alpha value is -1.60. The quantitative estimate of drug-likeness (QED) is 0.631. The van der Waals surface area contributed by atoms with Crippen molar-refractivity contribution < 1.29 is 9.59 Å². The minimum Gasteiger partial charge on any atom is -0.399 e. The standard InChI is InChI=1S/C11H15BrN4O2/c12-8-1-7(2-9(13)3-8)4-16(5-10(14)17)6-11(15)18/h1-3H,4-6,13H2,(H2,14,17)(H2,15,18). The summed E-state index contributed by atoms with van der Waals surface area (Å²) < 4.78 is 0.829. The van der Waals surface area contributed by atoms with Crippen LogP contribution < -0.4 is 17.2 Å². The molecule has 0 heterocycles. The van der Waals surface area contributed by atoms with Gasteiger partial charge in [-0.25, -0.2) is 0 Å². The molecule has 98 valence electrons. The Balaban J connectivity index is 2.80. The van der Waals surface area contributed by atoms with Crippen LogP contribution in [0.25, 0.3) is 0 Å². The number of amides is 2. The molecule has 0 aliphatic heterocycles. The third kappa shape index (κ3) is 5.15. The Morgan fingerprint density at radius 1 is 1.11 bits per heavy atom. The molecule has 0 aromatic heterocycles. The maximum atomic E-state index is 10.9. The molecule has 0 atom stereocenters. The Morgan fingerprint density at radius 2 is 1.67 bits per heavy atom. The minimum absolute atomic E-state index is 0.0324. The zero-order chi connectivity index (χ0) is 13.7. The largest absolute Gasteiger partial charge is 0.399 e. The Labute approximate surface area is 113 Å². The molecule has 0 bridgehead atoms. The molecule has 18 heavy (non-hydrogen) atoms. The van der Waals surface area contributed by atoms with Gasteiger partial charge in [0.25, 0.3) is 0 Å². The van der Waals surface area contributed by atoms with Crippen LogP contribution in [0.2, 0.25) is 0 Å². The van der Waals surface area contributed by atoms with Crippen molar-refractivity contribution in [1.29, 1.82) is 0 Å². The van der Waals surface area contributed by atoms with E-state index in [1.165, 1.54) is 0 Å². The van der Waals surface area contributed by atoms with Gasteiger partial charge in [0.2, 0.25) is 11.8 Å². The molecule has 0 fully saturated rings. The molecule has 6 N–H and O–H groups in total. The number of benzene rings is 1. The first-order valence-corrected chi connectivity index (χ1v) is 6.00. The summed E-state index contributed by atoms with van der Waals surface area (Å²) in [5, 5.41) is 0. The van der Waals surface area contributed by atoms with Gasteiger partial charge in [0.15, 0.2) is 0 Å². The van der Waals surface area contributed by atoms with Crippen molar-refractivity contribution >= 4 is 33.4 Å². The molecule has 0 aliphatic carbocycles. The van der Waals surface area contributed by atoms with Crippen molar-refractivity contribution in [1.82, 2.24) is 4.90 Å². The molecule has 0 aliphatic rings. The van der Waals surface area contributed by atoms with E-state index < -0.39 is 11.8 Å². The number of rotatable bonds is 6. The topological polar surface area (TPSA) is 115 Å². The SMILES string of the molecule is NC(=O)CN(CC(N)=O)Cc1cc(N)cc(Br)c1. The van der Waals surface area contributed by atoms with Gasteiger partial charge in [0, 0.05) is 16.7 Å². The molecule has 1 aromatic carbocycles. The summed E-state index contributed by atoms with van der Waals surface area (Å²) in [6.07, 6.45) is 0. The van der Waals surface area contributed by atoms with Gasteiger partial charge >= 0.3 is 0 Å². The van der Waals surface area contributed by atoms with Crippen molar-refractivity contribution in [2.45, 2.75) is 6.54 Å². The second-order valence-electron chi connectivity index (χ2n) is 3.97. The number of nitrogens with two attached hydrogens (primary N) is 3. The Kier molecular flexibility index (Phi) is 5.11. The molecule has 1 rings (SSSR count). The highest BCUT2D eigenvalue weighted by atomic mass is 79.9. The minimum atomic E-state index is -0.515. The molecular weight excluding hydrogens is 300 g/mol. The van der Waals surface area contributed by atoms with E-state index in [2.05, 4.69) is 15.9 Å². The van der Waals surface area contributed by atoms with Crippen molar-refractivity contribution in [3.8, 4) is 0 Å². The third-order valence-corrected chi connectivity index (χ3v) is 2.60. The van der Waals surface area contributed by atoms with Gasteiger partial charge in [-0.05, 0) is 23.8 Å². The van der Waals surface area contributed by atoms with Crippen LogP contribution in [0.5, 0.6) is 0 Å². The lowest BCUT2D eigenvalue weighted by molar-refractivity contribution is -0.122. The summed E-state index contributed by atoms with van der Waals surface area (Å²) in [6.45, 7) is 0.306. The normalized spacial score (nSPS) is 10.6. The van der Waals surface area contributed by atoms with Crippen molar-refractivity contribution in [2.75, 3.05) is 18.8 Å². The lowest BCUT2D eigenvalue weighted by atomic mass is 10.2. The third-order valence-electron chi connectivity index (χ3n) is 2.14. The second kappa shape index (κ2) is 6.36. The number of hydrogen-bond donors (Lipinski definition) is 3. The summed E-state index contributed by atoms with van der Waals surface area (Å²) in [6, 6.07) is 5.38. The highest BCUT2D eigenvalue weighted by molar-refractivity contribution is 9.10. The number of halogens is 1. The summed E-state index contributed by atoms with van der Waals surface area (Å²) in [5.41, 5.74) is 17.4. The van der Waals surface area contributed by atoms with E-state index >= 15 is 0 Å². The summed E-state index contributed by atoms with van der Waals surface area (Å²) >= 11 is 3.32. The number of carbonyl (C=O) groups excluding carboxylic acids is 2. The smallest absolute Gasteiger partial charge is 0.231 e. The van der Waals surface area contributed by atoms with Crippen LogP contribution in [-0.4, -0.2) is 29.8 Å². The fraction of sp³-hybridized carbons (Fsp3) is 0.273. The maximum Gasteiger partial charge on any atom is 0.231 e. The van der Waals surface area contributed by atoms with Crippen LogP contribution in [0, 0.1) is 0 Å². The lowest BCUT2D eigenvalue weighted by Crippen LogP contribution is -2.39. The van der Waals surface area contributed by atoms with Crippen molar-refractivity contribution in [3.63, 3.8) is 0 Å². The maximum absolute atomic E-state index is 10.9. The van der Waals surface area contributed by atoms with Gasteiger partial charge in [-0.3, -0.25) is 14.5 Å². The first kappa shape index (κ1) is 14.5. The molecule has 1 aromatic rings. The second-order valence-corrected chi connectivity index (χ2v) is 4.89. The highest BCUT2D eigenvalue weighted by Gasteiger charge is 2.12. The molecule has 0 radical (unpaired) electrons. The molecule has 0 saturated carbocycles. The van der Waals surface area contributed by atoms with E-state index in [0.717, 1.165) is 10.0 Å². The summed E-state index contributed by atoms with van der Waals surface area (Å²) in [7, 11) is 0. The van der Waals surface area contributed by atoms with Crippen LogP contribution in [0.15, 0.2) is 22.7 Å². The van der Waals surface area contributed by atoms with E-state index in [0.29, 0.717) is 12.2 Å². The van der Waals surface area contributed by atoms with Gasteiger partial charge in [0.05, 0.1) is 13.1 Å². The molecule has 0 saturated heterocycles. The highest BCUT2D eigenvalue weighted by Crippen LogP contribution is 2.18. The van der Waals surface area contributed by atoms with Crippen LogP contribution in [-0.2, 0) is 16.1 Å². The fourth-order valence-electron chi connectivity index (χ4n) is 1.63. The van der Waals surface area contributed by atoms with Crippen LogP contribution >= 0.6 is 15.9 Å². The molecule has 0 unspecified atom stereocenters. The van der Waals surface area contributed by atoms with Gasteiger partial charge in [-0.2, -0.15) is 0 Å². The monoisotopic (exact) mass is 314 g/mol. The zero-order valence-corrected chi connectivity index (χ0v) is 11.3. The summed E-state index contributed by atoms with van der Waals surface area (Å²) in [5.74, 6) is -1.03. The number of hydrogen-bond acceptors (Lipinski definition) is 4. The predicted octanol–water partition coefficient (Wildman–Crippen LogP) is -0.196. The molecule has 2 amide bonds. The number of anilines is 1. The van der Waals surface area contributed by atoms with Gasteiger partial charge in [-0.1, -0.05) is 15.9 Å². The fourth-order valence-corrected chi connectivity index (χ4v) is 2.19. The zero-order valence-electron chi connectivity index (χ0n) is 9.73. The van der Waals surface area contributed by atoms with Crippen LogP contribution in [0.3, 0.4) is 0 Å². The van der Waals surface area contributed by atoms with Gasteiger partial charge in [-0.15, -0.1) is 0 Å². The summed E-state index contributed by atoms with van der Waals surface area (Å²) in [4.78, 5) is 23.4. The first-order chi connectivity index (χ1) is 8.36. The molecule has 6 nitrogen and oxygen atoms in total. The Bertz CT molecular complexity index is 428. The van der Waals surface area contributed by atoms with E-state index in [-0.39, 0.29) is 13.1 Å². The number of carbonyl (C=O) groups is 2. The molecule has 7 heteroatoms. The average molecular weight is 315 g/mol. The van der Waals surface area contributed by atoms with Crippen LogP contribution in [0.4, 0.5) is 5.69 Å². The van der Waals surface area contributed by atoms with Crippen molar-refractivity contribution in [2.24, 2.45) is 11.5 Å². The van der Waals surface area contributed by atoms with E-state index in [1.54, 1.807) is 17.0 Å². The van der Waals surface area contributed by atoms with Gasteiger partial charge in [0.1, 0.15) is 0 Å². The molecule has 0 spiro atoms. The van der Waals surface area contributed by atoms with E-state index in [1.807, 2.05) is 6.07 Å². The van der Waals surface area contributed by atoms with Crippen molar-refractivity contribution in [3.05, 3.63) is 28.2 Å². The molecular formula is C11H15BrN4O2. The number of nitrogens with zero attached hydrogens (tertiary/aromatic N) is 1.